The molecule has 6 nitrogen and oxygen atoms in total. The third kappa shape index (κ3) is 4.39. The molecule has 1 aliphatic rings. The lowest BCUT2D eigenvalue weighted by atomic mass is 10.0. The molecule has 0 fully saturated rings. The number of fused-ring (bicyclic) bond motifs is 1. The van der Waals surface area contributed by atoms with Crippen LogP contribution in [0.15, 0.2) is 46.9 Å². The maximum atomic E-state index is 12.8. The summed E-state index contributed by atoms with van der Waals surface area (Å²) < 4.78 is 11.7. The molecule has 4 rings (SSSR count). The Morgan fingerprint density at radius 1 is 1.09 bits per heavy atom. The second-order valence-corrected chi connectivity index (χ2v) is 8.64. The van der Waals surface area contributed by atoms with Gasteiger partial charge in [0, 0.05) is 46.0 Å². The van der Waals surface area contributed by atoms with Crippen LogP contribution in [-0.4, -0.2) is 43.2 Å². The van der Waals surface area contributed by atoms with Gasteiger partial charge in [-0.15, -0.1) is 11.3 Å². The summed E-state index contributed by atoms with van der Waals surface area (Å²) in [7, 11) is 3.07. The van der Waals surface area contributed by atoms with Crippen LogP contribution in [-0.2, 0) is 4.79 Å². The number of amides is 1. The van der Waals surface area contributed by atoms with Crippen LogP contribution in [0.3, 0.4) is 0 Å². The molecule has 0 atom stereocenters. The van der Waals surface area contributed by atoms with Crippen LogP contribution in [0.1, 0.15) is 47.2 Å². The molecule has 0 unspecified atom stereocenters. The summed E-state index contributed by atoms with van der Waals surface area (Å²) in [4.78, 5) is 25.4. The van der Waals surface area contributed by atoms with E-state index >= 15 is 0 Å². The molecule has 0 N–H and O–H groups in total. The molecule has 3 aromatic rings. The highest BCUT2D eigenvalue weighted by Gasteiger charge is 2.22. The highest BCUT2D eigenvalue weighted by Crippen LogP contribution is 2.31. The Hall–Kier alpha value is -3.19. The van der Waals surface area contributed by atoms with Crippen LogP contribution in [0, 0.1) is 6.92 Å². The third-order valence-corrected chi connectivity index (χ3v) is 6.82. The number of carbonyl (C=O) groups excluding carboxylic acids is 2. The number of thiophene rings is 1. The average molecular weight is 451 g/mol. The molecule has 0 radical (unpaired) electrons. The van der Waals surface area contributed by atoms with Gasteiger partial charge in [-0.1, -0.05) is 18.2 Å². The fraction of sp³-hybridized carbons (Fsp3) is 0.320. The van der Waals surface area contributed by atoms with E-state index in [1.165, 1.54) is 27.8 Å². The summed E-state index contributed by atoms with van der Waals surface area (Å²) in [5.41, 5.74) is 3.79. The zero-order valence-corrected chi connectivity index (χ0v) is 19.3. The van der Waals surface area contributed by atoms with Crippen molar-refractivity contribution in [1.29, 1.82) is 0 Å². The van der Waals surface area contributed by atoms with Crippen molar-refractivity contribution >= 4 is 38.8 Å². The van der Waals surface area contributed by atoms with Gasteiger partial charge in [0.1, 0.15) is 0 Å². The van der Waals surface area contributed by atoms with Crippen LogP contribution < -0.4 is 9.47 Å². The van der Waals surface area contributed by atoms with E-state index in [0.717, 1.165) is 24.1 Å². The Kier molecular flexibility index (Phi) is 6.55. The maximum Gasteiger partial charge on any atom is 0.243 e. The minimum Gasteiger partial charge on any atom is -0.493 e. The molecule has 0 spiro atoms. The molecular formula is C25H26N2O4S. The molecule has 32 heavy (non-hydrogen) atoms. The average Bonchev–Trinajstić information content (AvgIpc) is 3.27. The van der Waals surface area contributed by atoms with Gasteiger partial charge in [0.15, 0.2) is 17.3 Å². The zero-order valence-electron chi connectivity index (χ0n) is 18.5. The Bertz CT molecular complexity index is 1200. The molecule has 0 bridgehead atoms. The quantitative estimate of drug-likeness (QED) is 0.463. The van der Waals surface area contributed by atoms with Crippen LogP contribution in [0.2, 0.25) is 0 Å². The van der Waals surface area contributed by atoms with Crippen molar-refractivity contribution < 1.29 is 19.1 Å². The van der Waals surface area contributed by atoms with Crippen molar-refractivity contribution in [2.45, 2.75) is 32.6 Å². The summed E-state index contributed by atoms with van der Waals surface area (Å²) in [5, 5.41) is 9.51. The Morgan fingerprint density at radius 2 is 1.91 bits per heavy atom. The zero-order chi connectivity index (χ0) is 22.7. The van der Waals surface area contributed by atoms with E-state index in [4.69, 9.17) is 9.47 Å². The van der Waals surface area contributed by atoms with Crippen molar-refractivity contribution in [2.24, 2.45) is 5.10 Å². The molecule has 7 heteroatoms. The van der Waals surface area contributed by atoms with Gasteiger partial charge < -0.3 is 9.47 Å². The predicted octanol–water partition coefficient (Wildman–Crippen LogP) is 5.22. The first-order chi connectivity index (χ1) is 15.5. The minimum atomic E-state index is -0.133. The first kappa shape index (κ1) is 22.0. The van der Waals surface area contributed by atoms with Crippen molar-refractivity contribution in [2.75, 3.05) is 20.8 Å². The van der Waals surface area contributed by atoms with Gasteiger partial charge in [0.05, 0.1) is 19.9 Å². The van der Waals surface area contributed by atoms with Gasteiger partial charge in [-0.25, -0.2) is 5.01 Å². The van der Waals surface area contributed by atoms with E-state index in [1.807, 2.05) is 0 Å². The minimum absolute atomic E-state index is 0.111. The van der Waals surface area contributed by atoms with Crippen molar-refractivity contribution in [3.05, 3.63) is 58.5 Å². The number of hydrazone groups is 1. The van der Waals surface area contributed by atoms with Gasteiger partial charge in [0.25, 0.3) is 0 Å². The van der Waals surface area contributed by atoms with Crippen LogP contribution >= 0.6 is 11.3 Å². The molecule has 166 valence electrons. The van der Waals surface area contributed by atoms with Gasteiger partial charge in [-0.2, -0.15) is 5.10 Å². The Balaban J connectivity index is 1.45. The van der Waals surface area contributed by atoms with Gasteiger partial charge in [-0.3, -0.25) is 9.59 Å². The standard InChI is InChI=1S/C25H26N2O4S/c1-16-6-4-7-18-19(15-32-25(16)18)20-8-5-13-27(26-20)24(29)12-10-21(28)17-9-11-22(30-2)23(14-17)31-3/h4,6-7,9,11,14-15H,5,8,10,12-13H2,1-3H3. The molecule has 1 aromatic heterocycles. The molecule has 0 aliphatic carbocycles. The number of hydrogen-bond acceptors (Lipinski definition) is 6. The second kappa shape index (κ2) is 9.53. The second-order valence-electron chi connectivity index (χ2n) is 7.76. The van der Waals surface area contributed by atoms with Crippen LogP contribution in [0.4, 0.5) is 0 Å². The number of aryl methyl sites for hydroxylation is 1. The van der Waals surface area contributed by atoms with Crippen molar-refractivity contribution in [1.82, 2.24) is 5.01 Å². The number of nitrogens with zero attached hydrogens (tertiary/aromatic N) is 2. The monoisotopic (exact) mass is 450 g/mol. The first-order valence-corrected chi connectivity index (χ1v) is 11.5. The van der Waals surface area contributed by atoms with Gasteiger partial charge in [-0.05, 0) is 43.5 Å². The number of ether oxygens (including phenoxy) is 2. The molecule has 2 aromatic carbocycles. The van der Waals surface area contributed by atoms with E-state index in [9.17, 15) is 9.59 Å². The summed E-state index contributed by atoms with van der Waals surface area (Å²) in [6.45, 7) is 2.69. The molecule has 1 amide bonds. The molecule has 2 heterocycles. The number of benzene rings is 2. The third-order valence-electron chi connectivity index (χ3n) is 5.69. The number of rotatable bonds is 7. The number of methoxy groups -OCH3 is 2. The summed E-state index contributed by atoms with van der Waals surface area (Å²) in [6, 6.07) is 11.3. The fourth-order valence-electron chi connectivity index (χ4n) is 3.94. The fourth-order valence-corrected chi connectivity index (χ4v) is 5.00. The van der Waals surface area contributed by atoms with Crippen LogP contribution in [0.25, 0.3) is 10.1 Å². The molecule has 0 saturated heterocycles. The summed E-state index contributed by atoms with van der Waals surface area (Å²) in [5.74, 6) is 0.811. The van der Waals surface area contributed by atoms with E-state index in [1.54, 1.807) is 36.6 Å². The summed E-state index contributed by atoms with van der Waals surface area (Å²) in [6.07, 6.45) is 1.94. The SMILES string of the molecule is COc1ccc(C(=O)CCC(=O)N2CCCC(c3csc4c(C)cccc34)=N2)cc1OC. The van der Waals surface area contributed by atoms with Crippen molar-refractivity contribution in [3.8, 4) is 11.5 Å². The lowest BCUT2D eigenvalue weighted by Crippen LogP contribution is -2.32. The van der Waals surface area contributed by atoms with Crippen LogP contribution in [0.5, 0.6) is 11.5 Å². The first-order valence-electron chi connectivity index (χ1n) is 10.6. The molecule has 1 aliphatic heterocycles. The van der Waals surface area contributed by atoms with E-state index in [2.05, 4.69) is 35.6 Å². The number of carbonyl (C=O) groups is 2. The highest BCUT2D eigenvalue weighted by atomic mass is 32.1. The Labute approximate surface area is 191 Å². The normalized spacial score (nSPS) is 13.7. The Morgan fingerprint density at radius 3 is 2.69 bits per heavy atom. The highest BCUT2D eigenvalue weighted by molar-refractivity contribution is 7.17. The topological polar surface area (TPSA) is 68.2 Å². The molecule has 0 saturated carbocycles. The number of Topliss-reactive ketones (excluding diaryl/α,β-unsaturated/α-hetero) is 1. The smallest absolute Gasteiger partial charge is 0.243 e. The number of ketones is 1. The largest absolute Gasteiger partial charge is 0.493 e. The van der Waals surface area contributed by atoms with E-state index in [-0.39, 0.29) is 24.5 Å². The lowest BCUT2D eigenvalue weighted by molar-refractivity contribution is -0.131. The molecular weight excluding hydrogens is 424 g/mol. The number of hydrogen-bond donors (Lipinski definition) is 0. The predicted molar refractivity (Wildman–Crippen MR) is 127 cm³/mol. The van der Waals surface area contributed by atoms with Gasteiger partial charge in [0.2, 0.25) is 5.91 Å². The van der Waals surface area contributed by atoms with Crippen molar-refractivity contribution in [3.63, 3.8) is 0 Å². The van der Waals surface area contributed by atoms with E-state index < -0.39 is 0 Å². The van der Waals surface area contributed by atoms with E-state index in [0.29, 0.717) is 23.6 Å². The van der Waals surface area contributed by atoms with Gasteiger partial charge >= 0.3 is 0 Å². The maximum absolute atomic E-state index is 12.8. The lowest BCUT2D eigenvalue weighted by Gasteiger charge is -2.23. The summed E-state index contributed by atoms with van der Waals surface area (Å²) >= 11 is 1.71.